The van der Waals surface area contributed by atoms with Crippen LogP contribution in [0.5, 0.6) is 0 Å². The van der Waals surface area contributed by atoms with Crippen molar-refractivity contribution in [1.82, 2.24) is 9.97 Å². The lowest BCUT2D eigenvalue weighted by Crippen LogP contribution is -2.37. The number of morpholine rings is 1. The van der Waals surface area contributed by atoms with Gasteiger partial charge in [-0.1, -0.05) is 6.07 Å². The number of aromatic nitrogens is 2. The van der Waals surface area contributed by atoms with Crippen molar-refractivity contribution in [2.24, 2.45) is 4.99 Å². The molecule has 3 amide bonds. The fourth-order valence-corrected chi connectivity index (χ4v) is 5.27. The molecule has 0 radical (unpaired) electrons. The molecule has 1 aliphatic rings. The summed E-state index contributed by atoms with van der Waals surface area (Å²) in [5.41, 5.74) is 4.52. The minimum atomic E-state index is -0.682. The topological polar surface area (TPSA) is 145 Å². The van der Waals surface area contributed by atoms with Crippen molar-refractivity contribution in [2.45, 2.75) is 26.7 Å². The molecule has 1 saturated heterocycles. The first kappa shape index (κ1) is 31.2. The molecule has 0 aliphatic carbocycles. The second-order valence-corrected chi connectivity index (χ2v) is 10.8. The molecule has 1 atom stereocenters. The van der Waals surface area contributed by atoms with Crippen LogP contribution in [0.4, 0.5) is 32.1 Å². The molecule has 12 heteroatoms. The van der Waals surface area contributed by atoms with E-state index in [1.165, 1.54) is 19.1 Å². The second-order valence-electron chi connectivity index (χ2n) is 10.8. The third-order valence-corrected chi connectivity index (χ3v) is 7.49. The molecule has 1 aliphatic heterocycles. The van der Waals surface area contributed by atoms with Crippen LogP contribution in [0.1, 0.15) is 32.3 Å². The van der Waals surface area contributed by atoms with E-state index in [1.807, 2.05) is 37.3 Å². The number of hydrogen-bond acceptors (Lipinski definition) is 8. The van der Waals surface area contributed by atoms with Crippen molar-refractivity contribution in [3.8, 4) is 11.4 Å². The smallest absolute Gasteiger partial charge is 0.323 e. The molecule has 5 rings (SSSR count). The summed E-state index contributed by atoms with van der Waals surface area (Å²) in [7, 11) is 1.73. The van der Waals surface area contributed by atoms with Crippen LogP contribution in [0.25, 0.3) is 22.3 Å². The van der Waals surface area contributed by atoms with Gasteiger partial charge >= 0.3 is 6.03 Å². The molecule has 232 valence electrons. The largest absolute Gasteiger partial charge is 0.378 e. The molecule has 1 aromatic heterocycles. The number of rotatable bonds is 8. The molecule has 4 N–H and O–H groups in total. The predicted molar refractivity (Wildman–Crippen MR) is 177 cm³/mol. The van der Waals surface area contributed by atoms with E-state index in [9.17, 15) is 14.0 Å². The SMILES string of the molecule is CN=C(C)C(C(C)=N)c1ccc2c(N3CCOCC3)nc(-c3ccc(NC(=O)Nc4ccc(NC(C)=O)cc4F)cc3)nc2c1. The zero-order valence-electron chi connectivity index (χ0n) is 25.6. The van der Waals surface area contributed by atoms with E-state index in [0.29, 0.717) is 49.2 Å². The van der Waals surface area contributed by atoms with Crippen LogP contribution in [0.2, 0.25) is 0 Å². The average molecular weight is 611 g/mol. The Hall–Kier alpha value is -5.23. The maximum atomic E-state index is 14.5. The van der Waals surface area contributed by atoms with E-state index in [1.54, 1.807) is 26.1 Å². The number of ether oxygens (including phenoxy) is 1. The lowest BCUT2D eigenvalue weighted by atomic mass is 9.90. The molecule has 1 unspecified atom stereocenters. The number of anilines is 4. The minimum absolute atomic E-state index is 0.0290. The summed E-state index contributed by atoms with van der Waals surface area (Å²) in [6.07, 6.45) is 0. The van der Waals surface area contributed by atoms with E-state index in [-0.39, 0.29) is 17.5 Å². The first-order valence-electron chi connectivity index (χ1n) is 14.5. The molecule has 3 aromatic carbocycles. The summed E-state index contributed by atoms with van der Waals surface area (Å²) < 4.78 is 20.0. The number of aliphatic imine (C=N–C) groups is 1. The van der Waals surface area contributed by atoms with Gasteiger partial charge in [0.15, 0.2) is 5.82 Å². The number of carbonyl (C=O) groups excluding carboxylic acids is 2. The number of nitrogens with zero attached hydrogens (tertiary/aromatic N) is 4. The fourth-order valence-electron chi connectivity index (χ4n) is 5.27. The Balaban J connectivity index is 1.42. The van der Waals surface area contributed by atoms with Gasteiger partial charge < -0.3 is 31.0 Å². The van der Waals surface area contributed by atoms with Crippen molar-refractivity contribution < 1.29 is 18.7 Å². The van der Waals surface area contributed by atoms with Gasteiger partial charge in [0.1, 0.15) is 11.6 Å². The van der Waals surface area contributed by atoms with Crippen molar-refractivity contribution in [1.29, 1.82) is 5.41 Å². The number of nitrogens with one attached hydrogen (secondary N) is 4. The number of hydrogen-bond donors (Lipinski definition) is 4. The summed E-state index contributed by atoms with van der Waals surface area (Å²) in [5.74, 6) is 0.0731. The van der Waals surface area contributed by atoms with Gasteiger partial charge in [-0.25, -0.2) is 19.2 Å². The monoisotopic (exact) mass is 610 g/mol. The van der Waals surface area contributed by atoms with Crippen LogP contribution in [0.15, 0.2) is 65.7 Å². The van der Waals surface area contributed by atoms with Gasteiger partial charge in [0.05, 0.1) is 30.3 Å². The third-order valence-electron chi connectivity index (χ3n) is 7.49. The first-order chi connectivity index (χ1) is 21.6. The van der Waals surface area contributed by atoms with Gasteiger partial charge in [-0.2, -0.15) is 0 Å². The normalized spacial score (nSPS) is 14.2. The summed E-state index contributed by atoms with van der Waals surface area (Å²) in [5, 5.41) is 17.0. The fraction of sp³-hybridized carbons (Fsp3) is 0.273. The zero-order valence-corrected chi connectivity index (χ0v) is 25.6. The minimum Gasteiger partial charge on any atom is -0.378 e. The molecular formula is C33H35FN8O3. The van der Waals surface area contributed by atoms with E-state index >= 15 is 0 Å². The zero-order chi connectivity index (χ0) is 32.1. The Morgan fingerprint density at radius 3 is 2.29 bits per heavy atom. The van der Waals surface area contributed by atoms with E-state index in [0.717, 1.165) is 39.6 Å². The molecule has 2 heterocycles. The quantitative estimate of drug-likeness (QED) is 0.178. The molecule has 0 saturated carbocycles. The van der Waals surface area contributed by atoms with Crippen molar-refractivity contribution in [3.05, 3.63) is 72.0 Å². The summed E-state index contributed by atoms with van der Waals surface area (Å²) in [4.78, 5) is 40.2. The Morgan fingerprint density at radius 2 is 1.64 bits per heavy atom. The highest BCUT2D eigenvalue weighted by atomic mass is 19.1. The molecule has 45 heavy (non-hydrogen) atoms. The molecular weight excluding hydrogens is 575 g/mol. The number of carbonyl (C=O) groups is 2. The summed E-state index contributed by atoms with van der Waals surface area (Å²) >= 11 is 0. The number of amides is 3. The molecule has 4 aromatic rings. The third kappa shape index (κ3) is 7.29. The van der Waals surface area contributed by atoms with Crippen molar-refractivity contribution in [2.75, 3.05) is 54.2 Å². The number of fused-ring (bicyclic) bond motifs is 1. The Kier molecular flexibility index (Phi) is 9.43. The lowest BCUT2D eigenvalue weighted by Gasteiger charge is -2.29. The first-order valence-corrected chi connectivity index (χ1v) is 14.5. The van der Waals surface area contributed by atoms with Gasteiger partial charge in [-0.3, -0.25) is 9.79 Å². The van der Waals surface area contributed by atoms with Crippen LogP contribution < -0.4 is 20.9 Å². The number of urea groups is 1. The standard InChI is InChI=1S/C33H35FN8O3/c1-19(35)30(20(2)36-4)23-7-11-26-29(17-23)39-31(41-32(26)42-13-15-45-16-14-42)22-5-8-24(9-6-22)38-33(44)40-28-12-10-25(18-27(28)34)37-21(3)43/h5-12,17-18,30,35H,13-16H2,1-4H3,(H,37,43)(H2,38,40,44). The van der Waals surface area contributed by atoms with Crippen LogP contribution in [0.3, 0.4) is 0 Å². The second kappa shape index (κ2) is 13.6. The summed E-state index contributed by atoms with van der Waals surface area (Å²) in [6, 6.07) is 16.5. The molecule has 1 fully saturated rings. The van der Waals surface area contributed by atoms with Gasteiger partial charge in [0.25, 0.3) is 0 Å². The highest BCUT2D eigenvalue weighted by Crippen LogP contribution is 2.32. The van der Waals surface area contributed by atoms with Crippen molar-refractivity contribution >= 4 is 57.1 Å². The van der Waals surface area contributed by atoms with Crippen LogP contribution in [-0.4, -0.2) is 66.7 Å². The van der Waals surface area contributed by atoms with Crippen LogP contribution >= 0.6 is 0 Å². The van der Waals surface area contributed by atoms with E-state index < -0.39 is 11.8 Å². The maximum absolute atomic E-state index is 14.5. The van der Waals surface area contributed by atoms with Gasteiger partial charge in [-0.05, 0) is 74.0 Å². The highest BCUT2D eigenvalue weighted by molar-refractivity contribution is 6.10. The Bertz CT molecular complexity index is 1790. The van der Waals surface area contributed by atoms with Gasteiger partial charge in [0, 0.05) is 60.8 Å². The van der Waals surface area contributed by atoms with E-state index in [4.69, 9.17) is 20.1 Å². The van der Waals surface area contributed by atoms with Gasteiger partial charge in [0.2, 0.25) is 5.91 Å². The summed E-state index contributed by atoms with van der Waals surface area (Å²) in [6.45, 7) is 7.64. The highest BCUT2D eigenvalue weighted by Gasteiger charge is 2.22. The average Bonchev–Trinajstić information content (AvgIpc) is 3.02. The predicted octanol–water partition coefficient (Wildman–Crippen LogP) is 6.09. The lowest BCUT2D eigenvalue weighted by molar-refractivity contribution is -0.114. The Morgan fingerprint density at radius 1 is 0.933 bits per heavy atom. The van der Waals surface area contributed by atoms with Gasteiger partial charge in [-0.15, -0.1) is 0 Å². The molecule has 0 spiro atoms. The molecule has 11 nitrogen and oxygen atoms in total. The van der Waals surface area contributed by atoms with Crippen molar-refractivity contribution in [3.63, 3.8) is 0 Å². The van der Waals surface area contributed by atoms with Crippen LogP contribution in [-0.2, 0) is 9.53 Å². The number of benzene rings is 3. The number of halogens is 1. The van der Waals surface area contributed by atoms with Crippen LogP contribution in [0, 0.1) is 11.2 Å². The maximum Gasteiger partial charge on any atom is 0.323 e. The Labute approximate surface area is 260 Å². The molecule has 0 bridgehead atoms. The van der Waals surface area contributed by atoms with E-state index in [2.05, 4.69) is 25.8 Å².